The molecule has 0 aliphatic carbocycles. The molecule has 4 heteroatoms. The number of aromatic hydroxyl groups is 1. The fourth-order valence-electron chi connectivity index (χ4n) is 3.80. The maximum absolute atomic E-state index is 10.3. The summed E-state index contributed by atoms with van der Waals surface area (Å²) in [7, 11) is 0. The van der Waals surface area contributed by atoms with E-state index in [1.807, 2.05) is 36.4 Å². The van der Waals surface area contributed by atoms with Crippen LogP contribution in [0.3, 0.4) is 0 Å². The number of para-hydroxylation sites is 3. The van der Waals surface area contributed by atoms with E-state index in [9.17, 15) is 5.11 Å². The SMILES string of the molecule is Oc1ccccc1-c1nc(N2CCCc3ccccc32)c2ccccc2n1. The van der Waals surface area contributed by atoms with Gasteiger partial charge < -0.3 is 10.0 Å². The van der Waals surface area contributed by atoms with Crippen LogP contribution in [0.4, 0.5) is 11.5 Å². The molecule has 1 aliphatic rings. The normalized spacial score (nSPS) is 13.6. The summed E-state index contributed by atoms with van der Waals surface area (Å²) in [6.07, 6.45) is 2.17. The van der Waals surface area contributed by atoms with Gasteiger partial charge in [0.15, 0.2) is 5.82 Å². The number of nitrogens with zero attached hydrogens (tertiary/aromatic N) is 3. The highest BCUT2D eigenvalue weighted by atomic mass is 16.3. The number of hydrogen-bond donors (Lipinski definition) is 1. The molecule has 1 N–H and O–H groups in total. The average molecular weight is 353 g/mol. The summed E-state index contributed by atoms with van der Waals surface area (Å²) in [5.41, 5.74) is 4.07. The van der Waals surface area contributed by atoms with Gasteiger partial charge in [0.25, 0.3) is 0 Å². The van der Waals surface area contributed by atoms with Crippen LogP contribution < -0.4 is 4.90 Å². The first-order valence-electron chi connectivity index (χ1n) is 9.22. The van der Waals surface area contributed by atoms with Crippen molar-refractivity contribution in [2.24, 2.45) is 0 Å². The van der Waals surface area contributed by atoms with Gasteiger partial charge in [0.1, 0.15) is 11.6 Å². The first kappa shape index (κ1) is 15.8. The predicted octanol–water partition coefficient (Wildman–Crippen LogP) is 5.09. The van der Waals surface area contributed by atoms with Gasteiger partial charge in [-0.1, -0.05) is 42.5 Å². The third-order valence-corrected chi connectivity index (χ3v) is 5.09. The number of phenolic OH excluding ortho intramolecular Hbond substituents is 1. The second-order valence-corrected chi connectivity index (χ2v) is 6.79. The van der Waals surface area contributed by atoms with Crippen LogP contribution in [-0.4, -0.2) is 21.6 Å². The zero-order chi connectivity index (χ0) is 18.2. The first-order valence-corrected chi connectivity index (χ1v) is 9.22. The van der Waals surface area contributed by atoms with Crippen molar-refractivity contribution >= 4 is 22.4 Å². The van der Waals surface area contributed by atoms with Crippen molar-refractivity contribution < 1.29 is 5.11 Å². The van der Waals surface area contributed by atoms with Gasteiger partial charge in [-0.05, 0) is 48.7 Å². The number of fused-ring (bicyclic) bond motifs is 2. The third kappa shape index (κ3) is 2.70. The Bertz CT molecular complexity index is 1140. The van der Waals surface area contributed by atoms with Crippen molar-refractivity contribution in [1.82, 2.24) is 9.97 Å². The molecule has 4 aromatic rings. The summed E-state index contributed by atoms with van der Waals surface area (Å²) in [5.74, 6) is 1.63. The molecule has 1 aliphatic heterocycles. The Morgan fingerprint density at radius 2 is 1.59 bits per heavy atom. The molecule has 0 atom stereocenters. The highest BCUT2D eigenvalue weighted by Gasteiger charge is 2.22. The van der Waals surface area contributed by atoms with Crippen LogP contribution in [0.2, 0.25) is 0 Å². The fraction of sp³-hybridized carbons (Fsp3) is 0.130. The van der Waals surface area contributed by atoms with Gasteiger partial charge in [0.05, 0.1) is 11.1 Å². The average Bonchev–Trinajstić information content (AvgIpc) is 2.73. The summed E-state index contributed by atoms with van der Waals surface area (Å²) < 4.78 is 0. The molecule has 0 radical (unpaired) electrons. The van der Waals surface area contributed by atoms with Gasteiger partial charge in [-0.2, -0.15) is 0 Å². The lowest BCUT2D eigenvalue weighted by atomic mass is 10.0. The maximum atomic E-state index is 10.3. The van der Waals surface area contributed by atoms with Gasteiger partial charge in [-0.25, -0.2) is 9.97 Å². The van der Waals surface area contributed by atoms with Crippen molar-refractivity contribution in [3.63, 3.8) is 0 Å². The van der Waals surface area contributed by atoms with Crippen LogP contribution in [0.1, 0.15) is 12.0 Å². The van der Waals surface area contributed by atoms with Gasteiger partial charge >= 0.3 is 0 Å². The molecule has 3 aromatic carbocycles. The second kappa shape index (κ2) is 6.40. The van der Waals surface area contributed by atoms with Gasteiger partial charge in [-0.15, -0.1) is 0 Å². The maximum Gasteiger partial charge on any atom is 0.165 e. The standard InChI is InChI=1S/C23H19N3O/c27-21-14-6-3-11-18(21)22-24-19-12-4-2-10-17(19)23(25-22)26-15-7-9-16-8-1-5-13-20(16)26/h1-6,8,10-14,27H,7,9,15H2. The summed E-state index contributed by atoms with van der Waals surface area (Å²) in [5, 5.41) is 11.3. The minimum atomic E-state index is 0.192. The molecule has 0 unspecified atom stereocenters. The minimum absolute atomic E-state index is 0.192. The van der Waals surface area contributed by atoms with Crippen molar-refractivity contribution in [2.75, 3.05) is 11.4 Å². The topological polar surface area (TPSA) is 49.3 Å². The molecule has 0 spiro atoms. The Balaban J connectivity index is 1.76. The summed E-state index contributed by atoms with van der Waals surface area (Å²) in [6.45, 7) is 0.915. The number of aromatic nitrogens is 2. The van der Waals surface area contributed by atoms with E-state index < -0.39 is 0 Å². The van der Waals surface area contributed by atoms with E-state index >= 15 is 0 Å². The molecule has 4 nitrogen and oxygen atoms in total. The van der Waals surface area contributed by atoms with Crippen LogP contribution in [0.25, 0.3) is 22.3 Å². The van der Waals surface area contributed by atoms with Crippen molar-refractivity contribution in [2.45, 2.75) is 12.8 Å². The highest BCUT2D eigenvalue weighted by Crippen LogP contribution is 2.37. The van der Waals surface area contributed by atoms with Gasteiger partial charge in [-0.3, -0.25) is 0 Å². The largest absolute Gasteiger partial charge is 0.507 e. The van der Waals surface area contributed by atoms with Crippen molar-refractivity contribution in [1.29, 1.82) is 0 Å². The van der Waals surface area contributed by atoms with Crippen molar-refractivity contribution in [3.05, 3.63) is 78.4 Å². The lowest BCUT2D eigenvalue weighted by Gasteiger charge is -2.31. The van der Waals surface area contributed by atoms with E-state index in [1.54, 1.807) is 6.07 Å². The van der Waals surface area contributed by atoms with E-state index in [2.05, 4.69) is 35.2 Å². The molecular formula is C23H19N3O. The minimum Gasteiger partial charge on any atom is -0.507 e. The molecule has 132 valence electrons. The number of rotatable bonds is 2. The van der Waals surface area contributed by atoms with E-state index in [0.717, 1.165) is 36.1 Å². The second-order valence-electron chi connectivity index (χ2n) is 6.79. The molecule has 27 heavy (non-hydrogen) atoms. The molecule has 5 rings (SSSR count). The smallest absolute Gasteiger partial charge is 0.165 e. The Morgan fingerprint density at radius 3 is 2.52 bits per heavy atom. The van der Waals surface area contributed by atoms with E-state index in [-0.39, 0.29) is 5.75 Å². The molecule has 2 heterocycles. The highest BCUT2D eigenvalue weighted by molar-refractivity contribution is 5.93. The Labute approximate surface area is 157 Å². The number of aryl methyl sites for hydroxylation is 1. The Hall–Kier alpha value is -3.40. The summed E-state index contributed by atoms with van der Waals surface area (Å²) >= 11 is 0. The molecule has 0 fully saturated rings. The van der Waals surface area contributed by atoms with Gasteiger partial charge in [0, 0.05) is 17.6 Å². The molecule has 0 saturated carbocycles. The van der Waals surface area contributed by atoms with E-state index in [0.29, 0.717) is 11.4 Å². The Kier molecular flexibility index (Phi) is 3.75. The zero-order valence-corrected chi connectivity index (χ0v) is 14.8. The predicted molar refractivity (Wildman–Crippen MR) is 108 cm³/mol. The Morgan fingerprint density at radius 1 is 0.815 bits per heavy atom. The van der Waals surface area contributed by atoms with E-state index in [1.165, 1.54) is 11.3 Å². The lowest BCUT2D eigenvalue weighted by Crippen LogP contribution is -2.25. The monoisotopic (exact) mass is 353 g/mol. The van der Waals surface area contributed by atoms with Crippen LogP contribution >= 0.6 is 0 Å². The summed E-state index contributed by atoms with van der Waals surface area (Å²) in [6, 6.07) is 23.8. The number of benzene rings is 3. The number of hydrogen-bond acceptors (Lipinski definition) is 4. The number of phenols is 1. The molecule has 0 bridgehead atoms. The van der Waals surface area contributed by atoms with Gasteiger partial charge in [0.2, 0.25) is 0 Å². The number of anilines is 2. The van der Waals surface area contributed by atoms with E-state index in [4.69, 9.17) is 9.97 Å². The first-order chi connectivity index (χ1) is 13.3. The molecular weight excluding hydrogens is 334 g/mol. The summed E-state index contributed by atoms with van der Waals surface area (Å²) in [4.78, 5) is 11.9. The molecule has 0 saturated heterocycles. The van der Waals surface area contributed by atoms with Crippen LogP contribution in [0.15, 0.2) is 72.8 Å². The third-order valence-electron chi connectivity index (χ3n) is 5.09. The van der Waals surface area contributed by atoms with Crippen molar-refractivity contribution in [3.8, 4) is 17.1 Å². The molecule has 1 aromatic heterocycles. The van der Waals surface area contributed by atoms with Crippen LogP contribution in [0, 0.1) is 0 Å². The van der Waals surface area contributed by atoms with Crippen LogP contribution in [-0.2, 0) is 6.42 Å². The van der Waals surface area contributed by atoms with Crippen LogP contribution in [0.5, 0.6) is 5.75 Å². The quantitative estimate of drug-likeness (QED) is 0.545. The lowest BCUT2D eigenvalue weighted by molar-refractivity contribution is 0.477. The fourth-order valence-corrected chi connectivity index (χ4v) is 3.80. The molecule has 0 amide bonds. The zero-order valence-electron chi connectivity index (χ0n) is 14.8.